The predicted octanol–water partition coefficient (Wildman–Crippen LogP) is 5.83. The van der Waals surface area contributed by atoms with E-state index in [0.29, 0.717) is 16.3 Å². The van der Waals surface area contributed by atoms with Gasteiger partial charge in [0.15, 0.2) is 5.82 Å². The fourth-order valence-electron chi connectivity index (χ4n) is 6.02. The molecule has 1 spiro atoms. The second-order valence-electron chi connectivity index (χ2n) is 11.6. The van der Waals surface area contributed by atoms with Crippen LogP contribution in [0.2, 0.25) is 5.02 Å². The lowest BCUT2D eigenvalue weighted by atomic mass is 9.73. The summed E-state index contributed by atoms with van der Waals surface area (Å²) in [7, 11) is 0. The lowest BCUT2D eigenvalue weighted by Crippen LogP contribution is -2.50. The highest BCUT2D eigenvalue weighted by atomic mass is 35.5. The molecule has 1 aliphatic carbocycles. The average Bonchev–Trinajstić information content (AvgIpc) is 3.48. The predicted molar refractivity (Wildman–Crippen MR) is 154 cm³/mol. The summed E-state index contributed by atoms with van der Waals surface area (Å²) in [5.74, 6) is 0.548. The summed E-state index contributed by atoms with van der Waals surface area (Å²) < 4.78 is 32.9. The number of halogens is 2. The van der Waals surface area contributed by atoms with Crippen molar-refractivity contribution in [3.05, 3.63) is 76.6 Å². The van der Waals surface area contributed by atoms with Crippen LogP contribution in [0.25, 0.3) is 16.8 Å². The molecular formula is C29H32ClFN6OS. The summed E-state index contributed by atoms with van der Waals surface area (Å²) in [6.07, 6.45) is 5.99. The minimum absolute atomic E-state index is 0.103. The van der Waals surface area contributed by atoms with E-state index in [2.05, 4.69) is 19.7 Å². The van der Waals surface area contributed by atoms with Crippen molar-refractivity contribution in [1.29, 1.82) is 0 Å². The van der Waals surface area contributed by atoms with Gasteiger partial charge in [-0.2, -0.15) is 5.10 Å². The zero-order valence-corrected chi connectivity index (χ0v) is 24.1. The van der Waals surface area contributed by atoms with Gasteiger partial charge in [0.1, 0.15) is 16.1 Å². The van der Waals surface area contributed by atoms with Gasteiger partial charge < -0.3 is 9.45 Å². The summed E-state index contributed by atoms with van der Waals surface area (Å²) in [4.78, 5) is 11.9. The van der Waals surface area contributed by atoms with E-state index in [1.807, 2.05) is 45.9 Å². The third-order valence-corrected chi connectivity index (χ3v) is 9.85. The monoisotopic (exact) mass is 566 g/mol. The van der Waals surface area contributed by atoms with Gasteiger partial charge in [0.25, 0.3) is 0 Å². The number of nitrogens with one attached hydrogen (secondary N) is 1. The van der Waals surface area contributed by atoms with Gasteiger partial charge in [-0.1, -0.05) is 23.7 Å². The molecule has 4 aromatic rings. The van der Waals surface area contributed by atoms with Gasteiger partial charge in [-0.25, -0.2) is 13.9 Å². The Morgan fingerprint density at radius 3 is 2.64 bits per heavy atom. The van der Waals surface area contributed by atoms with Crippen molar-refractivity contribution in [3.8, 4) is 11.3 Å². The van der Waals surface area contributed by atoms with Crippen molar-refractivity contribution in [2.24, 2.45) is 5.41 Å². The molecule has 1 aromatic carbocycles. The van der Waals surface area contributed by atoms with Crippen molar-refractivity contribution >= 4 is 34.3 Å². The van der Waals surface area contributed by atoms with E-state index in [9.17, 15) is 8.94 Å². The normalized spacial score (nSPS) is 19.6. The zero-order chi connectivity index (χ0) is 27.5. The number of fused-ring (bicyclic) bond motifs is 2. The largest absolute Gasteiger partial charge is 0.598 e. The Bertz CT molecular complexity index is 1540. The highest BCUT2D eigenvalue weighted by Gasteiger charge is 2.51. The molecule has 0 amide bonds. The molecule has 1 unspecified atom stereocenters. The summed E-state index contributed by atoms with van der Waals surface area (Å²) >= 11 is 5.12. The number of benzene rings is 1. The van der Waals surface area contributed by atoms with E-state index in [4.69, 9.17) is 16.6 Å². The van der Waals surface area contributed by atoms with E-state index in [-0.39, 0.29) is 17.3 Å². The minimum atomic E-state index is -1.24. The lowest BCUT2D eigenvalue weighted by Gasteiger charge is -2.44. The van der Waals surface area contributed by atoms with Gasteiger partial charge in [-0.05, 0) is 76.8 Å². The molecule has 10 heteroatoms. The van der Waals surface area contributed by atoms with Crippen LogP contribution in [0.4, 0.5) is 10.2 Å². The van der Waals surface area contributed by atoms with Crippen LogP contribution in [0.15, 0.2) is 48.8 Å². The third kappa shape index (κ3) is 4.59. The number of pyridine rings is 1. The maximum atomic E-state index is 14.7. The topological polar surface area (TPSA) is 81.4 Å². The summed E-state index contributed by atoms with van der Waals surface area (Å²) in [5, 5.41) is 5.14. The molecule has 6 rings (SSSR count). The Balaban J connectivity index is 1.32. The first kappa shape index (κ1) is 26.5. The number of anilines is 1. The van der Waals surface area contributed by atoms with Gasteiger partial charge in [0, 0.05) is 47.3 Å². The van der Waals surface area contributed by atoms with Crippen LogP contribution in [0, 0.1) is 18.2 Å². The quantitative estimate of drug-likeness (QED) is 0.313. The number of aryl methyl sites for hydroxylation is 1. The van der Waals surface area contributed by atoms with E-state index in [1.54, 1.807) is 29.0 Å². The Hall–Kier alpha value is -2.72. The number of aromatic nitrogens is 4. The molecular weight excluding hydrogens is 535 g/mol. The molecule has 4 heterocycles. The smallest absolute Gasteiger partial charge is 0.155 e. The third-order valence-electron chi connectivity index (χ3n) is 8.08. The Morgan fingerprint density at radius 2 is 1.92 bits per heavy atom. The van der Waals surface area contributed by atoms with Gasteiger partial charge in [-0.15, -0.1) is 4.72 Å². The van der Waals surface area contributed by atoms with Crippen LogP contribution in [0.3, 0.4) is 0 Å². The van der Waals surface area contributed by atoms with Crippen molar-refractivity contribution in [2.75, 3.05) is 18.0 Å². The summed E-state index contributed by atoms with van der Waals surface area (Å²) in [6.45, 7) is 9.39. The first-order chi connectivity index (χ1) is 18.6. The van der Waals surface area contributed by atoms with Crippen LogP contribution in [0.5, 0.6) is 0 Å². The Labute approximate surface area is 236 Å². The second-order valence-corrected chi connectivity index (χ2v) is 14.1. The number of hydrogen-bond donors (Lipinski definition) is 1. The molecule has 1 N–H and O–H groups in total. The molecule has 0 bridgehead atoms. The van der Waals surface area contributed by atoms with Gasteiger partial charge in [0.2, 0.25) is 0 Å². The lowest BCUT2D eigenvalue weighted by molar-refractivity contribution is 0.175. The van der Waals surface area contributed by atoms with E-state index < -0.39 is 16.1 Å². The standard InChI is InChI=1S/C29H32ClFN6OS/c1-18-25(20-7-5-6-8-22(20)31)37-24(9-12-33-37)27(34-18)36-13-10-29(11-14-36)16-23-21(15-19(30)17-32-23)26(29)35-39(38)28(2,3)4/h5-9,12,15,17,26,35H,10-11,13-14,16H2,1-4H3/t26-,39?/m1/s1. The molecule has 2 aliphatic rings. The second kappa shape index (κ2) is 9.73. The van der Waals surface area contributed by atoms with Crippen LogP contribution in [-0.2, 0) is 17.8 Å². The fourth-order valence-corrected chi connectivity index (χ4v) is 7.13. The number of nitrogens with zero attached hydrogens (tertiary/aromatic N) is 5. The molecule has 39 heavy (non-hydrogen) atoms. The number of piperidine rings is 1. The van der Waals surface area contributed by atoms with E-state index in [1.165, 1.54) is 6.07 Å². The summed E-state index contributed by atoms with van der Waals surface area (Å²) in [5.41, 5.74) is 4.66. The Morgan fingerprint density at radius 1 is 1.18 bits per heavy atom. The molecule has 0 saturated carbocycles. The van der Waals surface area contributed by atoms with Crippen molar-refractivity contribution in [2.45, 2.75) is 57.7 Å². The maximum Gasteiger partial charge on any atom is 0.155 e. The SMILES string of the molecule is Cc1nc(N2CCC3(CC2)Cc2ncc(Cl)cc2[C@H]3N[S+]([O-])C(C)(C)C)c2ccnn2c1-c1ccccc1F. The van der Waals surface area contributed by atoms with Crippen molar-refractivity contribution in [1.82, 2.24) is 24.3 Å². The van der Waals surface area contributed by atoms with E-state index in [0.717, 1.165) is 60.6 Å². The first-order valence-electron chi connectivity index (χ1n) is 13.2. The molecule has 2 atom stereocenters. The maximum absolute atomic E-state index is 14.7. The highest BCUT2D eigenvalue weighted by Crippen LogP contribution is 2.53. The number of hydrogen-bond acceptors (Lipinski definition) is 6. The van der Waals surface area contributed by atoms with Crippen LogP contribution < -0.4 is 9.62 Å². The van der Waals surface area contributed by atoms with Crippen LogP contribution >= 0.6 is 11.6 Å². The Kier molecular flexibility index (Phi) is 6.61. The van der Waals surface area contributed by atoms with Crippen LogP contribution in [0.1, 0.15) is 56.6 Å². The van der Waals surface area contributed by atoms with Gasteiger partial charge in [-0.3, -0.25) is 4.98 Å². The molecule has 1 fully saturated rings. The van der Waals surface area contributed by atoms with Gasteiger partial charge >= 0.3 is 0 Å². The average molecular weight is 567 g/mol. The minimum Gasteiger partial charge on any atom is -0.598 e. The highest BCUT2D eigenvalue weighted by molar-refractivity contribution is 7.90. The van der Waals surface area contributed by atoms with E-state index >= 15 is 0 Å². The molecule has 3 aromatic heterocycles. The molecule has 204 valence electrons. The van der Waals surface area contributed by atoms with Crippen LogP contribution in [-0.4, -0.2) is 42.0 Å². The van der Waals surface area contributed by atoms with Crippen molar-refractivity contribution in [3.63, 3.8) is 0 Å². The molecule has 1 saturated heterocycles. The summed E-state index contributed by atoms with van der Waals surface area (Å²) in [6, 6.07) is 10.5. The fraction of sp³-hybridized carbons (Fsp3) is 0.414. The van der Waals surface area contributed by atoms with Crippen molar-refractivity contribution < 1.29 is 8.94 Å². The first-order valence-corrected chi connectivity index (χ1v) is 14.8. The molecule has 0 radical (unpaired) electrons. The number of rotatable bonds is 4. The molecule has 1 aliphatic heterocycles. The van der Waals surface area contributed by atoms with Gasteiger partial charge in [0.05, 0.1) is 28.6 Å². The molecule has 7 nitrogen and oxygen atoms in total. The zero-order valence-electron chi connectivity index (χ0n) is 22.5.